The van der Waals surface area contributed by atoms with Gasteiger partial charge < -0.3 is 5.32 Å². The molecule has 3 N–H and O–H groups in total. The molecule has 0 aliphatic carbocycles. The van der Waals surface area contributed by atoms with E-state index in [4.69, 9.17) is 5.14 Å². The van der Waals surface area contributed by atoms with E-state index < -0.39 is 15.9 Å². The number of nitrogens with zero attached hydrogens (tertiary/aromatic N) is 2. The number of sulfonamides is 1. The molecule has 3 rings (SSSR count). The summed E-state index contributed by atoms with van der Waals surface area (Å²) in [5.41, 5.74) is 1.19. The minimum atomic E-state index is -3.79. The number of carbonyl (C=O) groups excluding carboxylic acids is 2. The molecule has 0 unspecified atom stereocenters. The fourth-order valence-corrected chi connectivity index (χ4v) is 2.93. The third-order valence-electron chi connectivity index (χ3n) is 3.74. The van der Waals surface area contributed by atoms with Gasteiger partial charge in [-0.05, 0) is 36.4 Å². The van der Waals surface area contributed by atoms with Crippen molar-refractivity contribution >= 4 is 38.9 Å². The van der Waals surface area contributed by atoms with Gasteiger partial charge in [0.15, 0.2) is 0 Å². The van der Waals surface area contributed by atoms with Gasteiger partial charge in [-0.1, -0.05) is 18.2 Å². The lowest BCUT2D eigenvalue weighted by atomic mass is 10.1. The van der Waals surface area contributed by atoms with Crippen LogP contribution in [-0.4, -0.2) is 25.9 Å². The van der Waals surface area contributed by atoms with Crippen molar-refractivity contribution in [3.8, 4) is 0 Å². The molecule has 134 valence electrons. The third kappa shape index (κ3) is 3.95. The average molecular weight is 372 g/mol. The van der Waals surface area contributed by atoms with Gasteiger partial charge in [0.1, 0.15) is 5.71 Å². The van der Waals surface area contributed by atoms with Crippen molar-refractivity contribution in [3.63, 3.8) is 0 Å². The Morgan fingerprint density at radius 1 is 1.04 bits per heavy atom. The minimum absolute atomic E-state index is 0.0497. The molecule has 9 heteroatoms. The molecule has 0 fully saturated rings. The van der Waals surface area contributed by atoms with Crippen LogP contribution in [0.4, 0.5) is 11.4 Å². The molecule has 0 radical (unpaired) electrons. The van der Waals surface area contributed by atoms with Crippen LogP contribution in [0.3, 0.4) is 0 Å². The van der Waals surface area contributed by atoms with Crippen molar-refractivity contribution in [2.75, 3.05) is 10.3 Å². The zero-order valence-electron chi connectivity index (χ0n) is 13.6. The molecule has 0 saturated carbocycles. The summed E-state index contributed by atoms with van der Waals surface area (Å²) in [6, 6.07) is 14.3. The highest BCUT2D eigenvalue weighted by molar-refractivity contribution is 7.89. The van der Waals surface area contributed by atoms with Gasteiger partial charge in [0.05, 0.1) is 10.6 Å². The smallest absolute Gasteiger partial charge is 0.271 e. The number of primary sulfonamides is 1. The van der Waals surface area contributed by atoms with E-state index >= 15 is 0 Å². The van der Waals surface area contributed by atoms with Crippen LogP contribution in [0.15, 0.2) is 64.6 Å². The first-order chi connectivity index (χ1) is 12.3. The summed E-state index contributed by atoms with van der Waals surface area (Å²) in [5, 5.41) is 13.0. The van der Waals surface area contributed by atoms with Gasteiger partial charge in [0, 0.05) is 18.5 Å². The number of nitrogens with two attached hydrogens (primary N) is 1. The van der Waals surface area contributed by atoms with Gasteiger partial charge >= 0.3 is 0 Å². The highest BCUT2D eigenvalue weighted by Gasteiger charge is 2.25. The van der Waals surface area contributed by atoms with E-state index in [-0.39, 0.29) is 29.4 Å². The molecule has 0 atom stereocenters. The summed E-state index contributed by atoms with van der Waals surface area (Å²) >= 11 is 0. The molecule has 0 spiro atoms. The zero-order valence-corrected chi connectivity index (χ0v) is 14.4. The van der Waals surface area contributed by atoms with Crippen LogP contribution in [0.1, 0.15) is 12.8 Å². The van der Waals surface area contributed by atoms with E-state index in [2.05, 4.69) is 10.4 Å². The van der Waals surface area contributed by atoms with E-state index in [1.807, 2.05) is 6.07 Å². The number of nitrogens with one attached hydrogen (secondary N) is 1. The molecule has 1 aliphatic heterocycles. The Hall–Kier alpha value is -3.04. The molecular weight excluding hydrogens is 356 g/mol. The van der Waals surface area contributed by atoms with Crippen LogP contribution >= 0.6 is 0 Å². The van der Waals surface area contributed by atoms with Crippen LogP contribution in [0.2, 0.25) is 0 Å². The predicted octanol–water partition coefficient (Wildman–Crippen LogP) is 1.46. The lowest BCUT2D eigenvalue weighted by Crippen LogP contribution is -2.36. The number of carbonyl (C=O) groups is 2. The number of hydrazone groups is 1. The molecule has 1 heterocycles. The number of anilines is 2. The normalized spacial score (nSPS) is 14.7. The summed E-state index contributed by atoms with van der Waals surface area (Å²) in [6.07, 6.45) is 0.398. The second-order valence-electron chi connectivity index (χ2n) is 5.61. The number of hydrogen-bond acceptors (Lipinski definition) is 5. The number of hydrogen-bond donors (Lipinski definition) is 2. The lowest BCUT2D eigenvalue weighted by molar-refractivity contribution is -0.118. The van der Waals surface area contributed by atoms with Crippen molar-refractivity contribution in [1.29, 1.82) is 0 Å². The summed E-state index contributed by atoms with van der Waals surface area (Å²) in [5.74, 6) is -0.646. The van der Waals surface area contributed by atoms with Gasteiger partial charge in [0.2, 0.25) is 15.9 Å². The Balaban J connectivity index is 1.78. The first-order valence-electron chi connectivity index (χ1n) is 7.74. The Morgan fingerprint density at radius 2 is 1.69 bits per heavy atom. The summed E-state index contributed by atoms with van der Waals surface area (Å²) in [6.45, 7) is 0. The van der Waals surface area contributed by atoms with Crippen molar-refractivity contribution in [2.45, 2.75) is 17.7 Å². The van der Waals surface area contributed by atoms with Crippen molar-refractivity contribution in [1.82, 2.24) is 0 Å². The Kier molecular flexibility index (Phi) is 4.83. The number of benzene rings is 2. The Bertz CT molecular complexity index is 970. The van der Waals surface area contributed by atoms with E-state index in [0.29, 0.717) is 11.4 Å². The quantitative estimate of drug-likeness (QED) is 0.843. The largest absolute Gasteiger partial charge is 0.321 e. The molecular formula is C17H16N4O4S. The molecule has 2 amide bonds. The van der Waals surface area contributed by atoms with Crippen LogP contribution in [0.25, 0.3) is 0 Å². The maximum Gasteiger partial charge on any atom is 0.271 e. The van der Waals surface area contributed by atoms with E-state index in [0.717, 1.165) is 0 Å². The van der Waals surface area contributed by atoms with E-state index in [1.165, 1.54) is 29.3 Å². The second kappa shape index (κ2) is 7.06. The van der Waals surface area contributed by atoms with Gasteiger partial charge in [-0.2, -0.15) is 5.10 Å². The predicted molar refractivity (Wildman–Crippen MR) is 97.0 cm³/mol. The second-order valence-corrected chi connectivity index (χ2v) is 7.17. The van der Waals surface area contributed by atoms with Crippen molar-refractivity contribution < 1.29 is 18.0 Å². The topological polar surface area (TPSA) is 122 Å². The average Bonchev–Trinajstić information content (AvgIpc) is 2.62. The van der Waals surface area contributed by atoms with E-state index in [1.54, 1.807) is 24.3 Å². The monoisotopic (exact) mass is 372 g/mol. The number of amides is 2. The molecule has 2 aromatic rings. The first-order valence-corrected chi connectivity index (χ1v) is 9.29. The fraction of sp³-hybridized carbons (Fsp3) is 0.118. The lowest BCUT2D eigenvalue weighted by Gasteiger charge is -2.23. The van der Waals surface area contributed by atoms with Gasteiger partial charge in [-0.15, -0.1) is 0 Å². The van der Waals surface area contributed by atoms with Crippen LogP contribution in [0.5, 0.6) is 0 Å². The Labute approximate surface area is 150 Å². The standard InChI is InChI=1S/C17H16N4O4S/c18-26(24,25)14-8-6-12(7-9-14)19-17(23)15-10-11-16(22)21(20-15)13-4-2-1-3-5-13/h1-9H,10-11H2,(H,19,23)(H2,18,24,25). The van der Waals surface area contributed by atoms with Crippen LogP contribution in [-0.2, 0) is 19.6 Å². The first kappa shape index (κ1) is 17.8. The molecule has 26 heavy (non-hydrogen) atoms. The van der Waals surface area contributed by atoms with Crippen molar-refractivity contribution in [3.05, 3.63) is 54.6 Å². The fourth-order valence-electron chi connectivity index (χ4n) is 2.42. The minimum Gasteiger partial charge on any atom is -0.321 e. The molecule has 8 nitrogen and oxygen atoms in total. The van der Waals surface area contributed by atoms with Crippen LogP contribution < -0.4 is 15.5 Å². The summed E-state index contributed by atoms with van der Waals surface area (Å²) in [4.78, 5) is 24.4. The number of rotatable bonds is 4. The van der Waals surface area contributed by atoms with Gasteiger partial charge in [0.25, 0.3) is 5.91 Å². The number of para-hydroxylation sites is 1. The molecule has 2 aromatic carbocycles. The summed E-state index contributed by atoms with van der Waals surface area (Å²) in [7, 11) is -3.79. The maximum atomic E-state index is 12.4. The molecule has 0 saturated heterocycles. The van der Waals surface area contributed by atoms with Crippen LogP contribution in [0, 0.1) is 0 Å². The third-order valence-corrected chi connectivity index (χ3v) is 4.67. The molecule has 1 aliphatic rings. The highest BCUT2D eigenvalue weighted by Crippen LogP contribution is 2.20. The summed E-state index contributed by atoms with van der Waals surface area (Å²) < 4.78 is 22.5. The maximum absolute atomic E-state index is 12.4. The highest BCUT2D eigenvalue weighted by atomic mass is 32.2. The van der Waals surface area contributed by atoms with Crippen molar-refractivity contribution in [2.24, 2.45) is 10.2 Å². The van der Waals surface area contributed by atoms with E-state index in [9.17, 15) is 18.0 Å². The zero-order chi connectivity index (χ0) is 18.7. The molecule has 0 bridgehead atoms. The molecule has 0 aromatic heterocycles. The SMILES string of the molecule is NS(=O)(=O)c1ccc(NC(=O)C2=NN(c3ccccc3)C(=O)CC2)cc1. The van der Waals surface area contributed by atoms with Gasteiger partial charge in [-0.3, -0.25) is 9.59 Å². The van der Waals surface area contributed by atoms with Gasteiger partial charge in [-0.25, -0.2) is 18.6 Å². The Morgan fingerprint density at radius 3 is 2.31 bits per heavy atom.